The summed E-state index contributed by atoms with van der Waals surface area (Å²) < 4.78 is 12.0. The van der Waals surface area contributed by atoms with Gasteiger partial charge >= 0.3 is 0 Å². The van der Waals surface area contributed by atoms with Crippen LogP contribution >= 0.6 is 0 Å². The third kappa shape index (κ3) is 8.81. The summed E-state index contributed by atoms with van der Waals surface area (Å²) in [4.78, 5) is 0. The first-order valence-electron chi connectivity index (χ1n) is 9.31. The standard InChI is InChI=1S/C21H36O3/c1-6-11-19(22)17(2)20(24-21(3,4)5)14-10-15-23-16-18-12-8-7-9-13-18/h7-9,12-13,17,19-20,22H,6,10-11,14-16H2,1-5H3/t17-,19-,20-/m0/s1. The molecule has 0 bridgehead atoms. The Hall–Kier alpha value is -0.900. The van der Waals surface area contributed by atoms with Crippen molar-refractivity contribution in [3.05, 3.63) is 35.9 Å². The van der Waals surface area contributed by atoms with E-state index in [-0.39, 0.29) is 23.7 Å². The molecule has 0 saturated heterocycles. The zero-order chi connectivity index (χ0) is 18.0. The van der Waals surface area contributed by atoms with Gasteiger partial charge in [-0.05, 0) is 45.6 Å². The van der Waals surface area contributed by atoms with E-state index in [1.54, 1.807) is 0 Å². The highest BCUT2D eigenvalue weighted by molar-refractivity contribution is 5.13. The van der Waals surface area contributed by atoms with E-state index < -0.39 is 0 Å². The molecule has 0 heterocycles. The van der Waals surface area contributed by atoms with E-state index in [2.05, 4.69) is 46.8 Å². The summed E-state index contributed by atoms with van der Waals surface area (Å²) in [6, 6.07) is 10.2. The van der Waals surface area contributed by atoms with Crippen molar-refractivity contribution in [3.8, 4) is 0 Å². The average molecular weight is 337 g/mol. The van der Waals surface area contributed by atoms with Crippen LogP contribution in [-0.2, 0) is 16.1 Å². The molecule has 0 aromatic heterocycles. The first-order valence-corrected chi connectivity index (χ1v) is 9.31. The van der Waals surface area contributed by atoms with Gasteiger partial charge in [0.05, 0.1) is 24.4 Å². The topological polar surface area (TPSA) is 38.7 Å². The van der Waals surface area contributed by atoms with Gasteiger partial charge in [0.1, 0.15) is 0 Å². The summed E-state index contributed by atoms with van der Waals surface area (Å²) in [6.45, 7) is 11.8. The smallest absolute Gasteiger partial charge is 0.0716 e. The molecule has 0 aliphatic carbocycles. The lowest BCUT2D eigenvalue weighted by Gasteiger charge is -2.34. The first kappa shape index (κ1) is 21.1. The fourth-order valence-electron chi connectivity index (χ4n) is 2.84. The summed E-state index contributed by atoms with van der Waals surface area (Å²) in [5.74, 6) is 0.137. The minimum atomic E-state index is -0.299. The lowest BCUT2D eigenvalue weighted by Crippen LogP contribution is -2.37. The second-order valence-electron chi connectivity index (χ2n) is 7.66. The van der Waals surface area contributed by atoms with Crippen molar-refractivity contribution in [3.63, 3.8) is 0 Å². The van der Waals surface area contributed by atoms with Crippen LogP contribution < -0.4 is 0 Å². The fourth-order valence-corrected chi connectivity index (χ4v) is 2.84. The van der Waals surface area contributed by atoms with Crippen LogP contribution in [0.4, 0.5) is 0 Å². The fraction of sp³-hybridized carbons (Fsp3) is 0.714. The van der Waals surface area contributed by atoms with E-state index in [0.717, 1.165) is 32.3 Å². The molecule has 0 radical (unpaired) electrons. The maximum atomic E-state index is 10.3. The Morgan fingerprint density at radius 1 is 1.08 bits per heavy atom. The molecule has 3 nitrogen and oxygen atoms in total. The molecule has 0 unspecified atom stereocenters. The Morgan fingerprint density at radius 3 is 2.33 bits per heavy atom. The molecule has 0 fully saturated rings. The highest BCUT2D eigenvalue weighted by Crippen LogP contribution is 2.25. The quantitative estimate of drug-likeness (QED) is 0.580. The largest absolute Gasteiger partial charge is 0.393 e. The van der Waals surface area contributed by atoms with Gasteiger partial charge in [-0.3, -0.25) is 0 Å². The molecule has 1 aromatic carbocycles. The van der Waals surface area contributed by atoms with Crippen LogP contribution in [0.25, 0.3) is 0 Å². The molecule has 3 heteroatoms. The number of benzene rings is 1. The van der Waals surface area contributed by atoms with Gasteiger partial charge in [0.2, 0.25) is 0 Å². The van der Waals surface area contributed by atoms with E-state index >= 15 is 0 Å². The van der Waals surface area contributed by atoms with Gasteiger partial charge in [-0.1, -0.05) is 50.6 Å². The van der Waals surface area contributed by atoms with Crippen LogP contribution in [0.1, 0.15) is 65.9 Å². The minimum Gasteiger partial charge on any atom is -0.393 e. The Kier molecular flexibility index (Phi) is 9.57. The normalized spacial score (nSPS) is 15.9. The van der Waals surface area contributed by atoms with Gasteiger partial charge in [-0.15, -0.1) is 0 Å². The van der Waals surface area contributed by atoms with Crippen LogP contribution in [0.2, 0.25) is 0 Å². The molecule has 24 heavy (non-hydrogen) atoms. The predicted octanol–water partition coefficient (Wildman–Crippen LogP) is 4.96. The molecule has 1 rings (SSSR count). The minimum absolute atomic E-state index is 0.0619. The Balaban J connectivity index is 2.40. The van der Waals surface area contributed by atoms with Crippen molar-refractivity contribution < 1.29 is 14.6 Å². The number of rotatable bonds is 11. The number of aliphatic hydroxyl groups excluding tert-OH is 1. The second-order valence-corrected chi connectivity index (χ2v) is 7.66. The first-order chi connectivity index (χ1) is 11.3. The summed E-state index contributed by atoms with van der Waals surface area (Å²) in [5.41, 5.74) is 1.00. The Labute approximate surface area is 148 Å². The van der Waals surface area contributed by atoms with E-state index in [0.29, 0.717) is 6.61 Å². The molecule has 138 valence electrons. The van der Waals surface area contributed by atoms with Crippen LogP contribution in [0.5, 0.6) is 0 Å². The number of hydrogen-bond acceptors (Lipinski definition) is 3. The molecule has 0 saturated carbocycles. The average Bonchev–Trinajstić information content (AvgIpc) is 2.53. The van der Waals surface area contributed by atoms with E-state index in [1.807, 2.05) is 18.2 Å². The lowest BCUT2D eigenvalue weighted by molar-refractivity contribution is -0.109. The highest BCUT2D eigenvalue weighted by atomic mass is 16.5. The molecule has 1 N–H and O–H groups in total. The molecular weight excluding hydrogens is 300 g/mol. The molecule has 1 aromatic rings. The lowest BCUT2D eigenvalue weighted by atomic mass is 9.91. The molecule has 0 aliphatic rings. The second kappa shape index (κ2) is 10.9. The van der Waals surface area contributed by atoms with Gasteiger partial charge in [0.25, 0.3) is 0 Å². The van der Waals surface area contributed by atoms with Crippen molar-refractivity contribution in [1.82, 2.24) is 0 Å². The van der Waals surface area contributed by atoms with Crippen LogP contribution in [-0.4, -0.2) is 29.5 Å². The summed E-state index contributed by atoms with van der Waals surface area (Å²) >= 11 is 0. The third-order valence-electron chi connectivity index (χ3n) is 4.17. The Bertz CT molecular complexity index is 424. The van der Waals surface area contributed by atoms with Gasteiger partial charge in [-0.25, -0.2) is 0 Å². The van der Waals surface area contributed by atoms with Crippen molar-refractivity contribution in [2.75, 3.05) is 6.61 Å². The van der Waals surface area contributed by atoms with Gasteiger partial charge < -0.3 is 14.6 Å². The molecule has 0 amide bonds. The third-order valence-corrected chi connectivity index (χ3v) is 4.17. The van der Waals surface area contributed by atoms with E-state index in [4.69, 9.17) is 9.47 Å². The number of ether oxygens (including phenoxy) is 2. The van der Waals surface area contributed by atoms with Crippen LogP contribution in [0.3, 0.4) is 0 Å². The Morgan fingerprint density at radius 2 is 1.75 bits per heavy atom. The number of aliphatic hydroxyl groups is 1. The van der Waals surface area contributed by atoms with Crippen molar-refractivity contribution in [2.45, 2.75) is 84.7 Å². The maximum Gasteiger partial charge on any atom is 0.0716 e. The zero-order valence-corrected chi connectivity index (χ0v) is 16.1. The van der Waals surface area contributed by atoms with Crippen molar-refractivity contribution in [1.29, 1.82) is 0 Å². The predicted molar refractivity (Wildman–Crippen MR) is 100 cm³/mol. The molecule has 0 aliphatic heterocycles. The van der Waals surface area contributed by atoms with Gasteiger partial charge in [0, 0.05) is 12.5 Å². The monoisotopic (exact) mass is 336 g/mol. The van der Waals surface area contributed by atoms with Gasteiger partial charge in [-0.2, -0.15) is 0 Å². The zero-order valence-electron chi connectivity index (χ0n) is 16.1. The molecule has 0 spiro atoms. The molecular formula is C21H36O3. The maximum absolute atomic E-state index is 10.3. The van der Waals surface area contributed by atoms with Crippen molar-refractivity contribution in [2.24, 2.45) is 5.92 Å². The molecule has 3 atom stereocenters. The summed E-state index contributed by atoms with van der Waals surface area (Å²) in [7, 11) is 0. The number of hydrogen-bond donors (Lipinski definition) is 1. The van der Waals surface area contributed by atoms with Gasteiger partial charge in [0.15, 0.2) is 0 Å². The SMILES string of the molecule is CCC[C@H](O)[C@H](C)[C@H](CCCOCc1ccccc1)OC(C)(C)C. The summed E-state index contributed by atoms with van der Waals surface area (Å²) in [5, 5.41) is 10.3. The highest BCUT2D eigenvalue weighted by Gasteiger charge is 2.28. The van der Waals surface area contributed by atoms with E-state index in [1.165, 1.54) is 5.56 Å². The van der Waals surface area contributed by atoms with Crippen molar-refractivity contribution >= 4 is 0 Å². The van der Waals surface area contributed by atoms with Crippen LogP contribution in [0.15, 0.2) is 30.3 Å². The summed E-state index contributed by atoms with van der Waals surface area (Å²) in [6.07, 6.45) is 3.44. The van der Waals surface area contributed by atoms with E-state index in [9.17, 15) is 5.11 Å². The van der Waals surface area contributed by atoms with Crippen LogP contribution in [0, 0.1) is 5.92 Å².